The predicted molar refractivity (Wildman–Crippen MR) is 65.6 cm³/mol. The Bertz CT molecular complexity index is 157. The summed E-state index contributed by atoms with van der Waals surface area (Å²) in [4.78, 5) is 0. The van der Waals surface area contributed by atoms with Crippen LogP contribution in [0, 0.1) is 0 Å². The Morgan fingerprint density at radius 2 is 2.13 bits per heavy atom. The molecule has 0 spiro atoms. The third-order valence-corrected chi connectivity index (χ3v) is 4.11. The molecule has 1 saturated heterocycles. The standard InChI is InChI=1S/C12H24ClNO/c1-3-12(4-2,10-13)14-8-7-11-6-5-9-15-11/h11,14H,3-10H2,1-2H3. The summed E-state index contributed by atoms with van der Waals surface area (Å²) in [5.74, 6) is 0.700. The first-order chi connectivity index (χ1) is 7.26. The molecule has 1 fully saturated rings. The minimum Gasteiger partial charge on any atom is -0.378 e. The van der Waals surface area contributed by atoms with E-state index in [0.717, 1.165) is 32.4 Å². The molecular formula is C12H24ClNO. The molecule has 0 aromatic rings. The largest absolute Gasteiger partial charge is 0.378 e. The molecule has 15 heavy (non-hydrogen) atoms. The van der Waals surface area contributed by atoms with E-state index in [2.05, 4.69) is 19.2 Å². The maximum Gasteiger partial charge on any atom is 0.0588 e. The van der Waals surface area contributed by atoms with E-state index in [9.17, 15) is 0 Å². The molecule has 0 aromatic heterocycles. The highest BCUT2D eigenvalue weighted by molar-refractivity contribution is 6.18. The van der Waals surface area contributed by atoms with Gasteiger partial charge in [-0.15, -0.1) is 11.6 Å². The van der Waals surface area contributed by atoms with E-state index in [0.29, 0.717) is 12.0 Å². The normalized spacial score (nSPS) is 22.2. The van der Waals surface area contributed by atoms with Gasteiger partial charge in [0.15, 0.2) is 0 Å². The Morgan fingerprint density at radius 1 is 1.40 bits per heavy atom. The zero-order valence-electron chi connectivity index (χ0n) is 10.0. The molecule has 1 aliphatic rings. The Kier molecular flexibility index (Phi) is 5.95. The molecule has 0 aliphatic carbocycles. The van der Waals surface area contributed by atoms with Crippen molar-refractivity contribution >= 4 is 11.6 Å². The van der Waals surface area contributed by atoms with Crippen molar-refractivity contribution in [3.8, 4) is 0 Å². The van der Waals surface area contributed by atoms with Crippen LogP contribution in [0.3, 0.4) is 0 Å². The van der Waals surface area contributed by atoms with E-state index in [4.69, 9.17) is 16.3 Å². The molecule has 1 rings (SSSR count). The summed E-state index contributed by atoms with van der Waals surface area (Å²) < 4.78 is 5.60. The lowest BCUT2D eigenvalue weighted by atomic mass is 9.95. The van der Waals surface area contributed by atoms with Gasteiger partial charge in [-0.1, -0.05) is 13.8 Å². The smallest absolute Gasteiger partial charge is 0.0588 e. The fourth-order valence-electron chi connectivity index (χ4n) is 2.11. The Morgan fingerprint density at radius 3 is 2.60 bits per heavy atom. The SMILES string of the molecule is CCC(CC)(CCl)NCCC1CCCO1. The van der Waals surface area contributed by atoms with Crippen molar-refractivity contribution in [2.45, 2.75) is 57.6 Å². The van der Waals surface area contributed by atoms with E-state index < -0.39 is 0 Å². The van der Waals surface area contributed by atoms with Gasteiger partial charge in [-0.2, -0.15) is 0 Å². The van der Waals surface area contributed by atoms with Crippen LogP contribution in [0.25, 0.3) is 0 Å². The first-order valence-electron chi connectivity index (χ1n) is 6.19. The van der Waals surface area contributed by atoms with Crippen molar-refractivity contribution < 1.29 is 4.74 Å². The summed E-state index contributed by atoms with van der Waals surface area (Å²) in [6.07, 6.45) is 6.26. The van der Waals surface area contributed by atoms with Gasteiger partial charge in [0.2, 0.25) is 0 Å². The number of alkyl halides is 1. The monoisotopic (exact) mass is 233 g/mol. The maximum atomic E-state index is 6.03. The summed E-state index contributed by atoms with van der Waals surface area (Å²) in [7, 11) is 0. The summed E-state index contributed by atoms with van der Waals surface area (Å²) >= 11 is 6.03. The molecule has 0 radical (unpaired) electrons. The molecule has 1 heterocycles. The van der Waals surface area contributed by atoms with Gasteiger partial charge in [0, 0.05) is 18.0 Å². The average molecular weight is 234 g/mol. The first kappa shape index (κ1) is 13.3. The van der Waals surface area contributed by atoms with Crippen LogP contribution in [0.4, 0.5) is 0 Å². The molecule has 1 atom stereocenters. The molecule has 0 aromatic carbocycles. The van der Waals surface area contributed by atoms with E-state index in [-0.39, 0.29) is 5.54 Å². The van der Waals surface area contributed by atoms with Crippen molar-refractivity contribution in [3.63, 3.8) is 0 Å². The first-order valence-corrected chi connectivity index (χ1v) is 6.72. The lowest BCUT2D eigenvalue weighted by Gasteiger charge is -2.31. The number of ether oxygens (including phenoxy) is 1. The molecule has 2 nitrogen and oxygen atoms in total. The molecule has 0 amide bonds. The van der Waals surface area contributed by atoms with E-state index in [1.54, 1.807) is 0 Å². The van der Waals surface area contributed by atoms with E-state index in [1.807, 2.05) is 0 Å². The Hall–Kier alpha value is 0.210. The topological polar surface area (TPSA) is 21.3 Å². The maximum absolute atomic E-state index is 6.03. The van der Waals surface area contributed by atoms with Crippen molar-refractivity contribution in [1.29, 1.82) is 0 Å². The summed E-state index contributed by atoms with van der Waals surface area (Å²) in [6, 6.07) is 0. The number of hydrogen-bond donors (Lipinski definition) is 1. The second-order valence-corrected chi connectivity index (χ2v) is 4.74. The second kappa shape index (κ2) is 6.72. The summed E-state index contributed by atoms with van der Waals surface area (Å²) in [5, 5.41) is 3.60. The molecule has 0 bridgehead atoms. The van der Waals surface area contributed by atoms with Gasteiger partial charge in [-0.25, -0.2) is 0 Å². The Labute approximate surface area is 98.7 Å². The minimum atomic E-state index is 0.139. The van der Waals surface area contributed by atoms with Crippen LogP contribution in [0.1, 0.15) is 46.0 Å². The highest BCUT2D eigenvalue weighted by atomic mass is 35.5. The zero-order chi connectivity index (χ0) is 11.1. The molecule has 0 saturated carbocycles. The van der Waals surface area contributed by atoms with Gasteiger partial charge in [0.25, 0.3) is 0 Å². The van der Waals surface area contributed by atoms with E-state index >= 15 is 0 Å². The molecule has 90 valence electrons. The zero-order valence-corrected chi connectivity index (χ0v) is 10.8. The third-order valence-electron chi connectivity index (χ3n) is 3.60. The van der Waals surface area contributed by atoms with E-state index in [1.165, 1.54) is 12.8 Å². The van der Waals surface area contributed by atoms with Crippen molar-refractivity contribution in [3.05, 3.63) is 0 Å². The van der Waals surface area contributed by atoms with Crippen molar-refractivity contribution in [1.82, 2.24) is 5.32 Å². The summed E-state index contributed by atoms with van der Waals surface area (Å²) in [6.45, 7) is 6.38. The van der Waals surface area contributed by atoms with Gasteiger partial charge in [0.1, 0.15) is 0 Å². The highest BCUT2D eigenvalue weighted by Gasteiger charge is 2.24. The lowest BCUT2D eigenvalue weighted by molar-refractivity contribution is 0.102. The van der Waals surface area contributed by atoms with Gasteiger partial charge in [-0.3, -0.25) is 0 Å². The average Bonchev–Trinajstić information content (AvgIpc) is 2.78. The molecule has 1 unspecified atom stereocenters. The molecule has 3 heteroatoms. The second-order valence-electron chi connectivity index (χ2n) is 4.47. The van der Waals surface area contributed by atoms with Crippen LogP contribution in [0.5, 0.6) is 0 Å². The third kappa shape index (κ3) is 3.93. The van der Waals surface area contributed by atoms with Gasteiger partial charge < -0.3 is 10.1 Å². The van der Waals surface area contributed by atoms with Crippen LogP contribution >= 0.6 is 11.6 Å². The number of nitrogens with one attached hydrogen (secondary N) is 1. The minimum absolute atomic E-state index is 0.139. The van der Waals surface area contributed by atoms with Crippen molar-refractivity contribution in [2.75, 3.05) is 19.0 Å². The van der Waals surface area contributed by atoms with Crippen LogP contribution < -0.4 is 5.32 Å². The number of halogens is 1. The Balaban J connectivity index is 2.21. The predicted octanol–water partition coefficient (Wildman–Crippen LogP) is 2.94. The van der Waals surface area contributed by atoms with Gasteiger partial charge >= 0.3 is 0 Å². The molecule has 1 N–H and O–H groups in total. The van der Waals surface area contributed by atoms with Crippen LogP contribution in [0.2, 0.25) is 0 Å². The van der Waals surface area contributed by atoms with Crippen molar-refractivity contribution in [2.24, 2.45) is 0 Å². The fraction of sp³-hybridized carbons (Fsp3) is 1.00. The number of rotatable bonds is 7. The van der Waals surface area contributed by atoms with Crippen LogP contribution in [-0.2, 0) is 4.74 Å². The van der Waals surface area contributed by atoms with Crippen LogP contribution in [0.15, 0.2) is 0 Å². The molecular weight excluding hydrogens is 210 g/mol. The molecule has 1 aliphatic heterocycles. The van der Waals surface area contributed by atoms with Gasteiger partial charge in [-0.05, 0) is 38.6 Å². The lowest BCUT2D eigenvalue weighted by Crippen LogP contribution is -2.46. The number of hydrogen-bond acceptors (Lipinski definition) is 2. The highest BCUT2D eigenvalue weighted by Crippen LogP contribution is 2.19. The fourth-order valence-corrected chi connectivity index (χ4v) is 2.58. The van der Waals surface area contributed by atoms with Gasteiger partial charge in [0.05, 0.1) is 6.10 Å². The quantitative estimate of drug-likeness (QED) is 0.683. The van der Waals surface area contributed by atoms with Crippen LogP contribution in [-0.4, -0.2) is 30.7 Å². The summed E-state index contributed by atoms with van der Waals surface area (Å²) in [5.41, 5.74) is 0.139.